The predicted octanol–water partition coefficient (Wildman–Crippen LogP) is 4.40. The minimum Gasteiger partial charge on any atom is -0.435 e. The monoisotopic (exact) mass is 378 g/mol. The van der Waals surface area contributed by atoms with Crippen LogP contribution in [0.1, 0.15) is 22.0 Å². The highest BCUT2D eigenvalue weighted by Crippen LogP contribution is 2.26. The molecule has 3 heterocycles. The maximum atomic E-state index is 13.2. The fourth-order valence-corrected chi connectivity index (χ4v) is 2.61. The van der Waals surface area contributed by atoms with Gasteiger partial charge in [0.2, 0.25) is 5.76 Å². The first kappa shape index (κ1) is 17.6. The molecular formula is C20H15FN4O3. The normalized spacial score (nSPS) is 10.8. The molecule has 140 valence electrons. The summed E-state index contributed by atoms with van der Waals surface area (Å²) in [5, 5.41) is 2.54. The first-order chi connectivity index (χ1) is 13.5. The minimum absolute atomic E-state index is 0.00137. The first-order valence-corrected chi connectivity index (χ1v) is 8.43. The van der Waals surface area contributed by atoms with Gasteiger partial charge in [-0.1, -0.05) is 6.07 Å². The Kier molecular flexibility index (Phi) is 4.44. The number of nitrogens with zero attached hydrogens (tertiary/aromatic N) is 3. The quantitative estimate of drug-likeness (QED) is 0.566. The summed E-state index contributed by atoms with van der Waals surface area (Å²) in [4.78, 5) is 25.4. The van der Waals surface area contributed by atoms with Crippen molar-refractivity contribution in [2.75, 3.05) is 5.32 Å². The highest BCUT2D eigenvalue weighted by Gasteiger charge is 2.22. The Balaban J connectivity index is 1.58. The standard InChI is InChI=1S/C20H15FN4O3/c1-11-3-8-15(22-9-11)16-10-27-20(24-16)25-19(26)18-17(23-12(2)28-18)13-4-6-14(21)7-5-13/h3-10H,1-2H3,(H,24,25,26). The van der Waals surface area contributed by atoms with Gasteiger partial charge in [-0.25, -0.2) is 9.37 Å². The molecule has 1 N–H and O–H groups in total. The Morgan fingerprint density at radius 3 is 2.54 bits per heavy atom. The number of amides is 1. The summed E-state index contributed by atoms with van der Waals surface area (Å²) >= 11 is 0. The van der Waals surface area contributed by atoms with Gasteiger partial charge in [0, 0.05) is 18.7 Å². The van der Waals surface area contributed by atoms with Crippen LogP contribution in [-0.4, -0.2) is 20.9 Å². The molecule has 3 aromatic heterocycles. The van der Waals surface area contributed by atoms with Crippen LogP contribution in [0, 0.1) is 19.7 Å². The van der Waals surface area contributed by atoms with Crippen molar-refractivity contribution in [1.82, 2.24) is 15.0 Å². The fourth-order valence-electron chi connectivity index (χ4n) is 2.61. The maximum absolute atomic E-state index is 13.2. The van der Waals surface area contributed by atoms with Crippen molar-refractivity contribution >= 4 is 11.9 Å². The van der Waals surface area contributed by atoms with E-state index in [4.69, 9.17) is 8.83 Å². The minimum atomic E-state index is -0.579. The molecule has 1 amide bonds. The maximum Gasteiger partial charge on any atom is 0.302 e. The number of pyridine rings is 1. The van der Waals surface area contributed by atoms with E-state index in [0.29, 0.717) is 28.5 Å². The zero-order valence-corrected chi connectivity index (χ0v) is 15.1. The zero-order chi connectivity index (χ0) is 19.7. The van der Waals surface area contributed by atoms with E-state index >= 15 is 0 Å². The van der Waals surface area contributed by atoms with Crippen molar-refractivity contribution in [2.45, 2.75) is 13.8 Å². The summed E-state index contributed by atoms with van der Waals surface area (Å²) in [6.45, 7) is 3.55. The van der Waals surface area contributed by atoms with Crippen LogP contribution in [0.15, 0.2) is 57.7 Å². The van der Waals surface area contributed by atoms with E-state index in [2.05, 4.69) is 20.3 Å². The van der Waals surface area contributed by atoms with Gasteiger partial charge < -0.3 is 8.83 Å². The summed E-state index contributed by atoms with van der Waals surface area (Å²) in [6, 6.07) is 9.34. The topological polar surface area (TPSA) is 94.1 Å². The van der Waals surface area contributed by atoms with E-state index in [1.165, 1.54) is 30.5 Å². The Morgan fingerprint density at radius 1 is 1.04 bits per heavy atom. The number of hydrogen-bond donors (Lipinski definition) is 1. The second-order valence-corrected chi connectivity index (χ2v) is 6.13. The van der Waals surface area contributed by atoms with Crippen LogP contribution in [0.3, 0.4) is 0 Å². The summed E-state index contributed by atoms with van der Waals surface area (Å²) in [5.41, 5.74) is 3.00. The average molecular weight is 378 g/mol. The van der Waals surface area contributed by atoms with Crippen molar-refractivity contribution in [3.63, 3.8) is 0 Å². The Labute approximate surface area is 159 Å². The van der Waals surface area contributed by atoms with Gasteiger partial charge >= 0.3 is 6.01 Å². The summed E-state index contributed by atoms with van der Waals surface area (Å²) < 4.78 is 23.9. The van der Waals surface area contributed by atoms with E-state index in [9.17, 15) is 9.18 Å². The van der Waals surface area contributed by atoms with Crippen molar-refractivity contribution in [3.05, 3.63) is 71.9 Å². The van der Waals surface area contributed by atoms with Gasteiger partial charge in [-0.15, -0.1) is 0 Å². The Bertz CT molecular complexity index is 1130. The number of benzene rings is 1. The van der Waals surface area contributed by atoms with Crippen LogP contribution >= 0.6 is 0 Å². The molecule has 0 radical (unpaired) electrons. The second-order valence-electron chi connectivity index (χ2n) is 6.13. The van der Waals surface area contributed by atoms with E-state index in [1.807, 2.05) is 19.1 Å². The van der Waals surface area contributed by atoms with Gasteiger partial charge in [0.25, 0.3) is 5.91 Å². The molecule has 0 aliphatic rings. The summed E-state index contributed by atoms with van der Waals surface area (Å²) in [5.74, 6) is -0.670. The smallest absolute Gasteiger partial charge is 0.302 e. The van der Waals surface area contributed by atoms with Gasteiger partial charge in [0.15, 0.2) is 5.89 Å². The van der Waals surface area contributed by atoms with Gasteiger partial charge in [-0.05, 0) is 42.8 Å². The largest absolute Gasteiger partial charge is 0.435 e. The zero-order valence-electron chi connectivity index (χ0n) is 15.1. The fraction of sp³-hybridized carbons (Fsp3) is 0.100. The first-order valence-electron chi connectivity index (χ1n) is 8.43. The van der Waals surface area contributed by atoms with Crippen molar-refractivity contribution in [3.8, 4) is 22.6 Å². The van der Waals surface area contributed by atoms with Crippen LogP contribution in [0.4, 0.5) is 10.4 Å². The number of rotatable bonds is 4. The number of anilines is 1. The molecule has 4 rings (SSSR count). The highest BCUT2D eigenvalue weighted by molar-refractivity contribution is 6.05. The number of halogens is 1. The predicted molar refractivity (Wildman–Crippen MR) is 99.1 cm³/mol. The van der Waals surface area contributed by atoms with E-state index in [-0.39, 0.29) is 17.6 Å². The molecule has 0 aliphatic heterocycles. The van der Waals surface area contributed by atoms with Gasteiger partial charge in [-0.2, -0.15) is 4.98 Å². The molecule has 28 heavy (non-hydrogen) atoms. The van der Waals surface area contributed by atoms with Gasteiger partial charge in [0.1, 0.15) is 23.5 Å². The molecule has 0 spiro atoms. The number of oxazole rings is 2. The number of aromatic nitrogens is 3. The van der Waals surface area contributed by atoms with E-state index in [0.717, 1.165) is 5.56 Å². The van der Waals surface area contributed by atoms with Crippen LogP contribution in [0.2, 0.25) is 0 Å². The van der Waals surface area contributed by atoms with Crippen molar-refractivity contribution in [2.24, 2.45) is 0 Å². The summed E-state index contributed by atoms with van der Waals surface area (Å²) in [7, 11) is 0. The molecule has 4 aromatic rings. The second kappa shape index (κ2) is 7.07. The molecular weight excluding hydrogens is 363 g/mol. The summed E-state index contributed by atoms with van der Waals surface area (Å²) in [6.07, 6.45) is 3.12. The molecule has 0 aliphatic carbocycles. The third kappa shape index (κ3) is 3.52. The lowest BCUT2D eigenvalue weighted by atomic mass is 10.1. The Morgan fingerprint density at radius 2 is 1.82 bits per heavy atom. The Hall–Kier alpha value is -3.81. The number of carbonyl (C=O) groups is 1. The third-order valence-corrected chi connectivity index (χ3v) is 3.96. The molecule has 0 atom stereocenters. The lowest BCUT2D eigenvalue weighted by molar-refractivity contribution is 0.0993. The van der Waals surface area contributed by atoms with Crippen LogP contribution in [-0.2, 0) is 0 Å². The van der Waals surface area contributed by atoms with Crippen LogP contribution in [0.25, 0.3) is 22.6 Å². The molecule has 0 fully saturated rings. The lowest BCUT2D eigenvalue weighted by Gasteiger charge is -2.01. The van der Waals surface area contributed by atoms with Gasteiger partial charge in [0.05, 0.1) is 5.69 Å². The SMILES string of the molecule is Cc1ccc(-c2coc(NC(=O)c3oc(C)nc3-c3ccc(F)cc3)n2)nc1. The van der Waals surface area contributed by atoms with Crippen LogP contribution in [0.5, 0.6) is 0 Å². The number of carbonyl (C=O) groups excluding carboxylic acids is 1. The number of hydrogen-bond acceptors (Lipinski definition) is 6. The third-order valence-electron chi connectivity index (χ3n) is 3.96. The van der Waals surface area contributed by atoms with Crippen molar-refractivity contribution < 1.29 is 18.0 Å². The molecule has 1 aromatic carbocycles. The molecule has 0 unspecified atom stereocenters. The molecule has 0 saturated carbocycles. The van der Waals surface area contributed by atoms with E-state index < -0.39 is 5.91 Å². The van der Waals surface area contributed by atoms with E-state index in [1.54, 1.807) is 13.1 Å². The average Bonchev–Trinajstić information content (AvgIpc) is 3.30. The van der Waals surface area contributed by atoms with Crippen molar-refractivity contribution in [1.29, 1.82) is 0 Å². The molecule has 0 bridgehead atoms. The molecule has 7 nitrogen and oxygen atoms in total. The molecule has 8 heteroatoms. The number of aryl methyl sites for hydroxylation is 2. The molecule has 0 saturated heterocycles. The lowest BCUT2D eigenvalue weighted by Crippen LogP contribution is -2.12. The highest BCUT2D eigenvalue weighted by atomic mass is 19.1. The van der Waals surface area contributed by atoms with Crippen LogP contribution < -0.4 is 5.32 Å². The van der Waals surface area contributed by atoms with Gasteiger partial charge in [-0.3, -0.25) is 15.1 Å². The number of nitrogens with one attached hydrogen (secondary N) is 1.